The summed E-state index contributed by atoms with van der Waals surface area (Å²) in [6.45, 7) is 0. The van der Waals surface area contributed by atoms with Crippen molar-refractivity contribution in [2.75, 3.05) is 0 Å². The minimum atomic E-state index is -0.715. The van der Waals surface area contributed by atoms with Gasteiger partial charge in [0.2, 0.25) is 0 Å². The van der Waals surface area contributed by atoms with Crippen LogP contribution in [0.3, 0.4) is 0 Å². The van der Waals surface area contributed by atoms with E-state index >= 15 is 0 Å². The lowest BCUT2D eigenvalue weighted by Gasteiger charge is -1.97. The number of unbranched alkanes of at least 4 members (excludes halogenated alkanes) is 1. The van der Waals surface area contributed by atoms with Crippen molar-refractivity contribution in [3.8, 4) is 0 Å². The van der Waals surface area contributed by atoms with Crippen molar-refractivity contribution >= 4 is 5.97 Å². The quantitative estimate of drug-likeness (QED) is 0.697. The van der Waals surface area contributed by atoms with Gasteiger partial charge in [-0.1, -0.05) is 18.2 Å². The molecule has 0 radical (unpaired) electrons. The molecular weight excluding hydrogens is 164 g/mol. The summed E-state index contributed by atoms with van der Waals surface area (Å²) in [5.41, 5.74) is 1.20. The van der Waals surface area contributed by atoms with Gasteiger partial charge in [-0.05, 0) is 37.0 Å². The van der Waals surface area contributed by atoms with Crippen LogP contribution in [-0.2, 0) is 11.2 Å². The number of aliphatic carboxylic acids is 1. The molecule has 1 aromatic rings. The van der Waals surface area contributed by atoms with Crippen LogP contribution in [0.5, 0.6) is 0 Å². The van der Waals surface area contributed by atoms with Gasteiger partial charge in [0, 0.05) is 6.42 Å². The van der Waals surface area contributed by atoms with Crippen LogP contribution in [-0.4, -0.2) is 11.1 Å². The lowest BCUT2D eigenvalue weighted by molar-refractivity contribution is -0.137. The Kier molecular flexibility index (Phi) is 3.84. The molecule has 1 rings (SSSR count). The lowest BCUT2D eigenvalue weighted by atomic mass is 10.1. The highest BCUT2D eigenvalue weighted by molar-refractivity contribution is 5.66. The van der Waals surface area contributed by atoms with Gasteiger partial charge in [-0.25, -0.2) is 0 Å². The highest BCUT2D eigenvalue weighted by Crippen LogP contribution is 2.04. The lowest BCUT2D eigenvalue weighted by Crippen LogP contribution is -1.94. The fraction of sp³-hybridized carbons (Fsp3) is 0.364. The first-order valence-corrected chi connectivity index (χ1v) is 4.37. The molecule has 1 aromatic carbocycles. The van der Waals surface area contributed by atoms with Gasteiger partial charge in [0.15, 0.2) is 0 Å². The largest absolute Gasteiger partial charge is 0.481 e. The van der Waals surface area contributed by atoms with E-state index in [2.05, 4.69) is 12.1 Å². The van der Waals surface area contributed by atoms with Crippen LogP contribution in [0.1, 0.15) is 24.8 Å². The van der Waals surface area contributed by atoms with Crippen LogP contribution in [0.4, 0.5) is 0 Å². The van der Waals surface area contributed by atoms with E-state index in [1.807, 2.05) is 18.2 Å². The van der Waals surface area contributed by atoms with Crippen LogP contribution >= 0.6 is 0 Å². The van der Waals surface area contributed by atoms with Crippen LogP contribution in [0.15, 0.2) is 18.2 Å². The summed E-state index contributed by atoms with van der Waals surface area (Å²) in [6, 6.07) is 11.4. The minimum Gasteiger partial charge on any atom is -0.481 e. The van der Waals surface area contributed by atoms with E-state index in [9.17, 15) is 4.79 Å². The van der Waals surface area contributed by atoms with E-state index in [-0.39, 0.29) is 6.42 Å². The van der Waals surface area contributed by atoms with Crippen LogP contribution in [0, 0.1) is 12.1 Å². The van der Waals surface area contributed by atoms with Crippen LogP contribution < -0.4 is 0 Å². The van der Waals surface area contributed by atoms with Gasteiger partial charge in [0.1, 0.15) is 0 Å². The SMILES string of the molecule is O=C(O)CCCCc1cc#ccc1. The second-order valence-corrected chi connectivity index (χ2v) is 2.94. The van der Waals surface area contributed by atoms with Crippen molar-refractivity contribution < 1.29 is 9.90 Å². The van der Waals surface area contributed by atoms with E-state index < -0.39 is 5.97 Å². The summed E-state index contributed by atoms with van der Waals surface area (Å²) in [4.78, 5) is 10.2. The zero-order valence-electron chi connectivity index (χ0n) is 7.42. The molecule has 0 amide bonds. The zero-order valence-corrected chi connectivity index (χ0v) is 7.42. The number of carboxylic acid groups (broad SMARTS) is 1. The second kappa shape index (κ2) is 5.21. The van der Waals surface area contributed by atoms with Crippen LogP contribution in [0.2, 0.25) is 0 Å². The summed E-state index contributed by atoms with van der Waals surface area (Å²) in [5.74, 6) is -0.715. The van der Waals surface area contributed by atoms with E-state index in [4.69, 9.17) is 5.11 Å². The minimum absolute atomic E-state index is 0.267. The predicted molar refractivity (Wildman–Crippen MR) is 49.3 cm³/mol. The number of hydrogen-bond donors (Lipinski definition) is 1. The Morgan fingerprint density at radius 3 is 2.85 bits per heavy atom. The topological polar surface area (TPSA) is 37.3 Å². The number of hydrogen-bond acceptors (Lipinski definition) is 1. The third kappa shape index (κ3) is 4.17. The molecular formula is C11H12O2. The average molecular weight is 176 g/mol. The first-order valence-electron chi connectivity index (χ1n) is 4.37. The van der Waals surface area contributed by atoms with Gasteiger partial charge in [-0.3, -0.25) is 4.79 Å². The van der Waals surface area contributed by atoms with Crippen LogP contribution in [0.25, 0.3) is 0 Å². The first-order chi connectivity index (χ1) is 6.29. The van der Waals surface area contributed by atoms with Gasteiger partial charge in [0.25, 0.3) is 0 Å². The molecule has 0 saturated carbocycles. The molecule has 68 valence electrons. The van der Waals surface area contributed by atoms with Gasteiger partial charge >= 0.3 is 5.97 Å². The molecule has 0 aliphatic heterocycles. The number of carboxylic acids is 1. The van der Waals surface area contributed by atoms with E-state index in [1.165, 1.54) is 5.56 Å². The fourth-order valence-corrected chi connectivity index (χ4v) is 1.14. The molecule has 0 aliphatic rings. The van der Waals surface area contributed by atoms with Crippen molar-refractivity contribution in [2.24, 2.45) is 0 Å². The molecule has 13 heavy (non-hydrogen) atoms. The van der Waals surface area contributed by atoms with Crippen molar-refractivity contribution in [3.05, 3.63) is 35.9 Å². The summed E-state index contributed by atoms with van der Waals surface area (Å²) in [7, 11) is 0. The van der Waals surface area contributed by atoms with Crippen molar-refractivity contribution in [3.63, 3.8) is 0 Å². The predicted octanol–water partition coefficient (Wildman–Crippen LogP) is 2.08. The van der Waals surface area contributed by atoms with E-state index in [0.717, 1.165) is 19.3 Å². The number of carbonyl (C=O) groups is 1. The smallest absolute Gasteiger partial charge is 0.303 e. The maximum absolute atomic E-state index is 10.2. The van der Waals surface area contributed by atoms with E-state index in [0.29, 0.717) is 0 Å². The molecule has 0 saturated heterocycles. The maximum Gasteiger partial charge on any atom is 0.303 e. The molecule has 0 fully saturated rings. The average Bonchev–Trinajstić information content (AvgIpc) is 2.14. The Balaban J connectivity index is 2.17. The monoisotopic (exact) mass is 176 g/mol. The van der Waals surface area contributed by atoms with Crippen molar-refractivity contribution in [1.82, 2.24) is 0 Å². The summed E-state index contributed by atoms with van der Waals surface area (Å²) in [6.07, 6.45) is 2.86. The zero-order chi connectivity index (χ0) is 9.52. The van der Waals surface area contributed by atoms with Gasteiger partial charge in [0.05, 0.1) is 0 Å². The normalized spacial score (nSPS) is 9.23. The van der Waals surface area contributed by atoms with E-state index in [1.54, 1.807) is 0 Å². The number of rotatable bonds is 5. The summed E-state index contributed by atoms with van der Waals surface area (Å²) in [5, 5.41) is 8.40. The molecule has 0 heterocycles. The molecule has 0 spiro atoms. The van der Waals surface area contributed by atoms with Crippen molar-refractivity contribution in [2.45, 2.75) is 25.7 Å². The Hall–Kier alpha value is -1.49. The maximum atomic E-state index is 10.2. The molecule has 0 unspecified atom stereocenters. The third-order valence-electron chi connectivity index (χ3n) is 1.83. The highest BCUT2D eigenvalue weighted by atomic mass is 16.4. The molecule has 0 atom stereocenters. The second-order valence-electron chi connectivity index (χ2n) is 2.94. The Bertz CT molecular complexity index is 254. The summed E-state index contributed by atoms with van der Waals surface area (Å²) >= 11 is 0. The summed E-state index contributed by atoms with van der Waals surface area (Å²) < 4.78 is 0. The van der Waals surface area contributed by atoms with Gasteiger partial charge in [-0.2, -0.15) is 0 Å². The molecule has 2 nitrogen and oxygen atoms in total. The Morgan fingerprint density at radius 1 is 1.38 bits per heavy atom. The Labute approximate surface area is 78.2 Å². The molecule has 2 heteroatoms. The molecule has 0 aliphatic carbocycles. The fourth-order valence-electron chi connectivity index (χ4n) is 1.14. The van der Waals surface area contributed by atoms with Gasteiger partial charge < -0.3 is 5.11 Å². The molecule has 0 aromatic heterocycles. The molecule has 0 bridgehead atoms. The number of aryl methyl sites for hydroxylation is 1. The van der Waals surface area contributed by atoms with Gasteiger partial charge in [-0.15, -0.1) is 0 Å². The third-order valence-corrected chi connectivity index (χ3v) is 1.83. The molecule has 1 N–H and O–H groups in total. The standard InChI is InChI=1S/C11H12O2/c12-11(13)9-5-4-8-10-6-2-1-3-7-10/h2,6-7H,4-5,8-9H2,(H,12,13). The highest BCUT2D eigenvalue weighted by Gasteiger charge is 1.96. The van der Waals surface area contributed by atoms with Crippen molar-refractivity contribution in [1.29, 1.82) is 0 Å². The first kappa shape index (κ1) is 9.60. The Morgan fingerprint density at radius 2 is 2.23 bits per heavy atom.